The highest BCUT2D eigenvalue weighted by Gasteiger charge is 2.14. The molecule has 92 valence electrons. The molecule has 1 aromatic carbocycles. The predicted octanol–water partition coefficient (Wildman–Crippen LogP) is 3.17. The molecule has 3 heteroatoms. The smallest absolute Gasteiger partial charge is 0.343 e. The van der Waals surface area contributed by atoms with E-state index in [9.17, 15) is 9.90 Å². The van der Waals surface area contributed by atoms with Gasteiger partial charge in [-0.25, -0.2) is 4.79 Å². The number of fused-ring (bicyclic) bond motifs is 1. The summed E-state index contributed by atoms with van der Waals surface area (Å²) in [6.45, 7) is 9.39. The molecule has 0 saturated heterocycles. The van der Waals surface area contributed by atoms with Crippen molar-refractivity contribution in [2.45, 2.75) is 13.3 Å². The largest absolute Gasteiger partial charge is 0.507 e. The van der Waals surface area contributed by atoms with Crippen LogP contribution in [-0.2, 0) is 6.42 Å². The van der Waals surface area contributed by atoms with Gasteiger partial charge in [0.2, 0.25) is 0 Å². The summed E-state index contributed by atoms with van der Waals surface area (Å²) in [6, 6.07) is 6.88. The van der Waals surface area contributed by atoms with Gasteiger partial charge in [0.05, 0.1) is 10.9 Å². The standard InChI is InChI=1S/C15H14O3/c1-9(2)10(3)8-12-14(16)11-6-4-5-7-13(11)18-15(12)17/h4-7,16H,1,3,8H2,2H3. The second-order valence-electron chi connectivity index (χ2n) is 4.27. The summed E-state index contributed by atoms with van der Waals surface area (Å²) in [7, 11) is 0. The Morgan fingerprint density at radius 2 is 2.00 bits per heavy atom. The van der Waals surface area contributed by atoms with E-state index in [4.69, 9.17) is 4.42 Å². The highest BCUT2D eigenvalue weighted by molar-refractivity contribution is 5.84. The van der Waals surface area contributed by atoms with E-state index in [1.54, 1.807) is 24.3 Å². The van der Waals surface area contributed by atoms with Crippen LogP contribution < -0.4 is 5.63 Å². The van der Waals surface area contributed by atoms with Gasteiger partial charge in [0.15, 0.2) is 0 Å². The monoisotopic (exact) mass is 242 g/mol. The average Bonchev–Trinajstić information content (AvgIpc) is 2.34. The Hall–Kier alpha value is -2.29. The third-order valence-electron chi connectivity index (χ3n) is 2.87. The first-order chi connectivity index (χ1) is 8.50. The molecular weight excluding hydrogens is 228 g/mol. The zero-order valence-corrected chi connectivity index (χ0v) is 10.2. The van der Waals surface area contributed by atoms with Gasteiger partial charge in [-0.3, -0.25) is 0 Å². The molecular formula is C15H14O3. The highest BCUT2D eigenvalue weighted by atomic mass is 16.4. The van der Waals surface area contributed by atoms with E-state index in [2.05, 4.69) is 13.2 Å². The minimum atomic E-state index is -0.534. The van der Waals surface area contributed by atoms with Gasteiger partial charge in [0, 0.05) is 6.42 Å². The summed E-state index contributed by atoms with van der Waals surface area (Å²) in [5, 5.41) is 10.7. The number of hydrogen-bond acceptors (Lipinski definition) is 3. The fraction of sp³-hybridized carbons (Fsp3) is 0.133. The topological polar surface area (TPSA) is 50.4 Å². The quantitative estimate of drug-likeness (QED) is 0.664. The zero-order chi connectivity index (χ0) is 13.3. The van der Waals surface area contributed by atoms with E-state index in [0.717, 1.165) is 5.57 Å². The van der Waals surface area contributed by atoms with E-state index in [0.29, 0.717) is 16.5 Å². The molecule has 1 N–H and O–H groups in total. The lowest BCUT2D eigenvalue weighted by Crippen LogP contribution is -2.09. The van der Waals surface area contributed by atoms with Crippen molar-refractivity contribution in [3.63, 3.8) is 0 Å². The number of benzene rings is 1. The van der Waals surface area contributed by atoms with E-state index < -0.39 is 5.63 Å². The molecule has 0 bridgehead atoms. The fourth-order valence-electron chi connectivity index (χ4n) is 1.69. The van der Waals surface area contributed by atoms with Crippen LogP contribution in [0, 0.1) is 0 Å². The van der Waals surface area contributed by atoms with Crippen molar-refractivity contribution < 1.29 is 9.52 Å². The Kier molecular flexibility index (Phi) is 3.06. The van der Waals surface area contributed by atoms with Crippen LogP contribution in [0.3, 0.4) is 0 Å². The maximum absolute atomic E-state index is 11.8. The molecule has 0 radical (unpaired) electrons. The van der Waals surface area contributed by atoms with Crippen molar-refractivity contribution in [2.75, 3.05) is 0 Å². The second-order valence-corrected chi connectivity index (χ2v) is 4.27. The van der Waals surface area contributed by atoms with Gasteiger partial charge < -0.3 is 9.52 Å². The summed E-state index contributed by atoms with van der Waals surface area (Å²) < 4.78 is 5.17. The minimum absolute atomic E-state index is 0.0377. The van der Waals surface area contributed by atoms with Crippen molar-refractivity contribution >= 4 is 11.0 Å². The highest BCUT2D eigenvalue weighted by Crippen LogP contribution is 2.27. The van der Waals surface area contributed by atoms with Crippen LogP contribution in [-0.4, -0.2) is 5.11 Å². The van der Waals surface area contributed by atoms with Crippen molar-refractivity contribution in [3.8, 4) is 5.75 Å². The van der Waals surface area contributed by atoms with Gasteiger partial charge in [-0.2, -0.15) is 0 Å². The van der Waals surface area contributed by atoms with Crippen LogP contribution >= 0.6 is 0 Å². The first-order valence-corrected chi connectivity index (χ1v) is 5.58. The van der Waals surface area contributed by atoms with Gasteiger partial charge in [-0.1, -0.05) is 30.9 Å². The first kappa shape index (κ1) is 12.2. The summed E-state index contributed by atoms with van der Waals surface area (Å²) in [5.74, 6) is -0.0377. The first-order valence-electron chi connectivity index (χ1n) is 5.58. The molecule has 1 heterocycles. The van der Waals surface area contributed by atoms with E-state index >= 15 is 0 Å². The van der Waals surface area contributed by atoms with Crippen molar-refractivity contribution in [3.05, 3.63) is 64.6 Å². The van der Waals surface area contributed by atoms with Crippen LogP contribution in [0.1, 0.15) is 12.5 Å². The van der Waals surface area contributed by atoms with Crippen LogP contribution in [0.2, 0.25) is 0 Å². The van der Waals surface area contributed by atoms with Gasteiger partial charge in [0.25, 0.3) is 0 Å². The van der Waals surface area contributed by atoms with Gasteiger partial charge in [-0.15, -0.1) is 0 Å². The number of rotatable bonds is 3. The lowest BCUT2D eigenvalue weighted by Gasteiger charge is -2.07. The molecule has 2 rings (SSSR count). The van der Waals surface area contributed by atoms with Crippen molar-refractivity contribution in [1.82, 2.24) is 0 Å². The predicted molar refractivity (Wildman–Crippen MR) is 71.8 cm³/mol. The third kappa shape index (κ3) is 2.07. The normalized spacial score (nSPS) is 10.5. The molecule has 0 atom stereocenters. The molecule has 1 aromatic heterocycles. The summed E-state index contributed by atoms with van der Waals surface area (Å²) in [5.41, 5.74) is 1.55. The van der Waals surface area contributed by atoms with E-state index in [1.807, 2.05) is 6.92 Å². The Morgan fingerprint density at radius 3 is 2.67 bits per heavy atom. The number of para-hydroxylation sites is 1. The molecule has 0 amide bonds. The van der Waals surface area contributed by atoms with Gasteiger partial charge >= 0.3 is 5.63 Å². The van der Waals surface area contributed by atoms with Gasteiger partial charge in [0.1, 0.15) is 11.3 Å². The minimum Gasteiger partial charge on any atom is -0.507 e. The second kappa shape index (κ2) is 4.53. The summed E-state index contributed by atoms with van der Waals surface area (Å²) >= 11 is 0. The number of aromatic hydroxyl groups is 1. The van der Waals surface area contributed by atoms with Crippen LogP contribution in [0.25, 0.3) is 11.0 Å². The number of hydrogen-bond donors (Lipinski definition) is 1. The van der Waals surface area contributed by atoms with Crippen LogP contribution in [0.4, 0.5) is 0 Å². The molecule has 18 heavy (non-hydrogen) atoms. The Bertz CT molecular complexity index is 692. The lowest BCUT2D eigenvalue weighted by molar-refractivity contribution is 0.458. The summed E-state index contributed by atoms with van der Waals surface area (Å²) in [6.07, 6.45) is 0.244. The lowest BCUT2D eigenvalue weighted by atomic mass is 10.0. The molecule has 0 aliphatic carbocycles. The maximum atomic E-state index is 11.8. The molecule has 0 aliphatic heterocycles. The number of allylic oxidation sites excluding steroid dienone is 2. The molecule has 3 nitrogen and oxygen atoms in total. The van der Waals surface area contributed by atoms with E-state index in [1.165, 1.54) is 0 Å². The van der Waals surface area contributed by atoms with Gasteiger partial charge in [-0.05, 0) is 24.6 Å². The summed E-state index contributed by atoms with van der Waals surface area (Å²) in [4.78, 5) is 11.8. The maximum Gasteiger partial charge on any atom is 0.343 e. The molecule has 0 saturated carbocycles. The Morgan fingerprint density at radius 1 is 1.33 bits per heavy atom. The zero-order valence-electron chi connectivity index (χ0n) is 10.2. The Labute approximate surface area is 105 Å². The third-order valence-corrected chi connectivity index (χ3v) is 2.87. The molecule has 0 spiro atoms. The molecule has 0 unspecified atom stereocenters. The van der Waals surface area contributed by atoms with Crippen molar-refractivity contribution in [1.29, 1.82) is 0 Å². The molecule has 2 aromatic rings. The molecule has 0 fully saturated rings. The van der Waals surface area contributed by atoms with Crippen LogP contribution in [0.15, 0.2) is 57.8 Å². The Balaban J connectivity index is 2.61. The van der Waals surface area contributed by atoms with Crippen LogP contribution in [0.5, 0.6) is 5.75 Å². The SMILES string of the molecule is C=C(C)C(=C)Cc1c(O)c2ccccc2oc1=O. The fourth-order valence-corrected chi connectivity index (χ4v) is 1.69. The average molecular weight is 242 g/mol. The molecule has 0 aliphatic rings. The van der Waals surface area contributed by atoms with E-state index in [-0.39, 0.29) is 17.7 Å². The van der Waals surface area contributed by atoms with Crippen molar-refractivity contribution in [2.24, 2.45) is 0 Å².